The highest BCUT2D eigenvalue weighted by atomic mass is 32.2. The van der Waals surface area contributed by atoms with E-state index in [-0.39, 0.29) is 5.75 Å². The molecule has 0 unspecified atom stereocenters. The Morgan fingerprint density at radius 3 is 2.32 bits per heavy atom. The van der Waals surface area contributed by atoms with Crippen LogP contribution in [0.1, 0.15) is 26.3 Å². The first-order valence-electron chi connectivity index (χ1n) is 6.40. The van der Waals surface area contributed by atoms with Crippen LogP contribution in [0, 0.1) is 0 Å². The molecule has 4 nitrogen and oxygen atoms in total. The summed E-state index contributed by atoms with van der Waals surface area (Å²) >= 11 is 0. The van der Waals surface area contributed by atoms with Crippen molar-refractivity contribution in [1.29, 1.82) is 0 Å². The highest BCUT2D eigenvalue weighted by Crippen LogP contribution is 2.20. The van der Waals surface area contributed by atoms with Crippen molar-refractivity contribution >= 4 is 15.5 Å². The minimum Gasteiger partial charge on any atom is -0.373 e. The molecule has 0 aromatic heterocycles. The molecule has 0 heterocycles. The Bertz CT molecular complexity index is 518. The number of sulfone groups is 1. The van der Waals surface area contributed by atoms with Crippen LogP contribution in [-0.2, 0) is 16.4 Å². The fourth-order valence-corrected chi connectivity index (χ4v) is 2.87. The van der Waals surface area contributed by atoms with E-state index >= 15 is 0 Å². The Labute approximate surface area is 116 Å². The van der Waals surface area contributed by atoms with Crippen LogP contribution in [0.25, 0.3) is 0 Å². The van der Waals surface area contributed by atoms with E-state index in [0.29, 0.717) is 13.1 Å². The molecule has 1 aromatic rings. The summed E-state index contributed by atoms with van der Waals surface area (Å²) in [5.41, 5.74) is 7.72. The summed E-state index contributed by atoms with van der Waals surface area (Å²) in [5.74, 6) is 0.145. The summed E-state index contributed by atoms with van der Waals surface area (Å²) in [6.07, 6.45) is 0. The molecule has 0 aliphatic rings. The van der Waals surface area contributed by atoms with Gasteiger partial charge in [0.25, 0.3) is 0 Å². The van der Waals surface area contributed by atoms with Crippen LogP contribution in [0.15, 0.2) is 24.3 Å². The summed E-state index contributed by atoms with van der Waals surface area (Å²) in [6.45, 7) is 6.12. The Morgan fingerprint density at radius 2 is 1.79 bits per heavy atom. The maximum atomic E-state index is 12.1. The highest BCUT2D eigenvalue weighted by molar-refractivity contribution is 7.92. The first-order chi connectivity index (χ1) is 8.69. The Hall–Kier alpha value is -1.07. The number of benzene rings is 1. The fraction of sp³-hybridized carbons (Fsp3) is 0.571. The van der Waals surface area contributed by atoms with Gasteiger partial charge in [0.1, 0.15) is 0 Å². The van der Waals surface area contributed by atoms with Crippen LogP contribution in [0.2, 0.25) is 0 Å². The molecule has 0 radical (unpaired) electrons. The molecule has 0 amide bonds. The van der Waals surface area contributed by atoms with Gasteiger partial charge in [0, 0.05) is 25.8 Å². The van der Waals surface area contributed by atoms with E-state index in [1.807, 2.05) is 36.2 Å². The average molecular weight is 284 g/mol. The quantitative estimate of drug-likeness (QED) is 0.895. The van der Waals surface area contributed by atoms with Crippen LogP contribution in [0.5, 0.6) is 0 Å². The van der Waals surface area contributed by atoms with Gasteiger partial charge in [0.15, 0.2) is 9.84 Å². The average Bonchev–Trinajstić information content (AvgIpc) is 2.34. The number of hydrogen-bond acceptors (Lipinski definition) is 4. The molecular formula is C14H24N2O2S. The van der Waals surface area contributed by atoms with Gasteiger partial charge in [0.2, 0.25) is 0 Å². The van der Waals surface area contributed by atoms with Crippen molar-refractivity contribution in [2.45, 2.75) is 32.1 Å². The van der Waals surface area contributed by atoms with Crippen LogP contribution in [0.3, 0.4) is 0 Å². The van der Waals surface area contributed by atoms with Gasteiger partial charge in [-0.05, 0) is 32.4 Å². The molecule has 0 fully saturated rings. The number of nitrogens with zero attached hydrogens (tertiary/aromatic N) is 1. The molecule has 108 valence electrons. The molecule has 0 atom stereocenters. The smallest absolute Gasteiger partial charge is 0.156 e. The second-order valence-electron chi connectivity index (χ2n) is 5.69. The summed E-state index contributed by atoms with van der Waals surface area (Å²) in [6, 6.07) is 7.80. The number of para-hydroxylation sites is 1. The molecule has 5 heteroatoms. The maximum Gasteiger partial charge on any atom is 0.156 e. The van der Waals surface area contributed by atoms with Crippen molar-refractivity contribution in [2.75, 3.05) is 24.2 Å². The molecule has 0 saturated carbocycles. The van der Waals surface area contributed by atoms with Gasteiger partial charge in [-0.25, -0.2) is 8.42 Å². The van der Waals surface area contributed by atoms with Crippen molar-refractivity contribution in [1.82, 2.24) is 0 Å². The van der Waals surface area contributed by atoms with Crippen molar-refractivity contribution in [3.05, 3.63) is 29.8 Å². The van der Waals surface area contributed by atoms with E-state index in [4.69, 9.17) is 5.73 Å². The van der Waals surface area contributed by atoms with Crippen molar-refractivity contribution in [3.8, 4) is 0 Å². The van der Waals surface area contributed by atoms with Gasteiger partial charge in [-0.3, -0.25) is 0 Å². The SMILES string of the molecule is CN(CCS(=O)(=O)C(C)(C)C)c1ccccc1CN. The fourth-order valence-electron chi connectivity index (χ4n) is 1.74. The maximum absolute atomic E-state index is 12.1. The molecular weight excluding hydrogens is 260 g/mol. The summed E-state index contributed by atoms with van der Waals surface area (Å²) in [5, 5.41) is 0. The summed E-state index contributed by atoms with van der Waals surface area (Å²) in [4.78, 5) is 1.95. The lowest BCUT2D eigenvalue weighted by Crippen LogP contribution is -2.35. The van der Waals surface area contributed by atoms with Crippen molar-refractivity contribution in [2.24, 2.45) is 5.73 Å². The molecule has 2 N–H and O–H groups in total. The van der Waals surface area contributed by atoms with E-state index < -0.39 is 14.6 Å². The third kappa shape index (κ3) is 3.94. The Balaban J connectivity index is 2.79. The lowest BCUT2D eigenvalue weighted by atomic mass is 10.1. The second kappa shape index (κ2) is 5.92. The molecule has 1 aromatic carbocycles. The lowest BCUT2D eigenvalue weighted by molar-refractivity contribution is 0.559. The molecule has 0 aliphatic carbocycles. The first kappa shape index (κ1) is 16.0. The second-order valence-corrected chi connectivity index (χ2v) is 8.55. The number of anilines is 1. The van der Waals surface area contributed by atoms with E-state index in [2.05, 4.69) is 0 Å². The van der Waals surface area contributed by atoms with Crippen molar-refractivity contribution in [3.63, 3.8) is 0 Å². The van der Waals surface area contributed by atoms with Crippen LogP contribution < -0.4 is 10.6 Å². The molecule has 0 aliphatic heterocycles. The molecule has 1 rings (SSSR count). The van der Waals surface area contributed by atoms with Gasteiger partial charge in [-0.1, -0.05) is 18.2 Å². The third-order valence-electron chi connectivity index (χ3n) is 3.25. The van der Waals surface area contributed by atoms with Crippen LogP contribution in [-0.4, -0.2) is 32.5 Å². The van der Waals surface area contributed by atoms with Crippen LogP contribution in [0.4, 0.5) is 5.69 Å². The van der Waals surface area contributed by atoms with E-state index in [1.54, 1.807) is 20.8 Å². The number of hydrogen-bond donors (Lipinski definition) is 1. The monoisotopic (exact) mass is 284 g/mol. The zero-order valence-corrected chi connectivity index (χ0v) is 13.0. The minimum absolute atomic E-state index is 0.145. The zero-order valence-electron chi connectivity index (χ0n) is 12.2. The lowest BCUT2D eigenvalue weighted by Gasteiger charge is -2.25. The molecule has 0 bridgehead atoms. The van der Waals surface area contributed by atoms with Gasteiger partial charge < -0.3 is 10.6 Å². The minimum atomic E-state index is -3.09. The molecule has 0 spiro atoms. The Morgan fingerprint density at radius 1 is 1.21 bits per heavy atom. The normalized spacial score (nSPS) is 12.5. The Kier molecular flexibility index (Phi) is 4.98. The largest absolute Gasteiger partial charge is 0.373 e. The highest BCUT2D eigenvalue weighted by Gasteiger charge is 2.28. The first-order valence-corrected chi connectivity index (χ1v) is 8.05. The zero-order chi connectivity index (χ0) is 14.7. The van der Waals surface area contributed by atoms with E-state index in [9.17, 15) is 8.42 Å². The van der Waals surface area contributed by atoms with Crippen LogP contribution >= 0.6 is 0 Å². The van der Waals surface area contributed by atoms with Gasteiger partial charge >= 0.3 is 0 Å². The van der Waals surface area contributed by atoms with E-state index in [1.165, 1.54) is 0 Å². The summed E-state index contributed by atoms with van der Waals surface area (Å²) in [7, 11) is -1.20. The predicted molar refractivity (Wildman–Crippen MR) is 81.1 cm³/mol. The van der Waals surface area contributed by atoms with Gasteiger partial charge in [0.05, 0.1) is 10.5 Å². The summed E-state index contributed by atoms with van der Waals surface area (Å²) < 4.78 is 23.5. The number of nitrogens with two attached hydrogens (primary N) is 1. The predicted octanol–water partition coefficient (Wildman–Crippen LogP) is 1.79. The number of rotatable bonds is 5. The molecule has 0 saturated heterocycles. The molecule has 19 heavy (non-hydrogen) atoms. The third-order valence-corrected chi connectivity index (χ3v) is 5.84. The standard InChI is InChI=1S/C14H24N2O2S/c1-14(2,3)19(17,18)10-9-16(4)13-8-6-5-7-12(13)11-15/h5-8H,9-11,15H2,1-4H3. The van der Waals surface area contributed by atoms with Gasteiger partial charge in [-0.15, -0.1) is 0 Å². The van der Waals surface area contributed by atoms with Gasteiger partial charge in [-0.2, -0.15) is 0 Å². The van der Waals surface area contributed by atoms with E-state index in [0.717, 1.165) is 11.3 Å². The van der Waals surface area contributed by atoms with Crippen molar-refractivity contribution < 1.29 is 8.42 Å². The topological polar surface area (TPSA) is 63.4 Å².